The summed E-state index contributed by atoms with van der Waals surface area (Å²) in [5.41, 5.74) is 1.85. The van der Waals surface area contributed by atoms with E-state index < -0.39 is 0 Å². The lowest BCUT2D eigenvalue weighted by molar-refractivity contribution is -0.141. The van der Waals surface area contributed by atoms with Crippen molar-refractivity contribution in [1.82, 2.24) is 0 Å². The SMILES string of the molecule is CC1=C2C(=O)OC(c3ccco3)[C@]2(C)CCC1. The van der Waals surface area contributed by atoms with Gasteiger partial charge in [0.2, 0.25) is 0 Å². The Kier molecular flexibility index (Phi) is 2.18. The number of furan rings is 1. The van der Waals surface area contributed by atoms with Crippen LogP contribution >= 0.6 is 0 Å². The highest BCUT2D eigenvalue weighted by Crippen LogP contribution is 2.55. The fourth-order valence-corrected chi connectivity index (χ4v) is 3.24. The molecule has 1 aliphatic carbocycles. The Morgan fingerprint density at radius 1 is 1.47 bits per heavy atom. The van der Waals surface area contributed by atoms with E-state index in [9.17, 15) is 4.79 Å². The van der Waals surface area contributed by atoms with Crippen LogP contribution in [0.5, 0.6) is 0 Å². The van der Waals surface area contributed by atoms with Crippen molar-refractivity contribution < 1.29 is 13.9 Å². The second-order valence-corrected chi connectivity index (χ2v) is 5.23. The van der Waals surface area contributed by atoms with Gasteiger partial charge in [-0.25, -0.2) is 4.79 Å². The zero-order valence-electron chi connectivity index (χ0n) is 10.2. The molecule has 0 amide bonds. The Morgan fingerprint density at radius 3 is 3.00 bits per heavy atom. The predicted molar refractivity (Wildman–Crippen MR) is 62.2 cm³/mol. The van der Waals surface area contributed by atoms with Crippen LogP contribution < -0.4 is 0 Å². The Labute approximate surface area is 100 Å². The number of allylic oxidation sites excluding steroid dienone is 1. The van der Waals surface area contributed by atoms with Gasteiger partial charge in [0, 0.05) is 11.0 Å². The Hall–Kier alpha value is -1.51. The van der Waals surface area contributed by atoms with E-state index in [-0.39, 0.29) is 17.5 Å². The second-order valence-electron chi connectivity index (χ2n) is 5.23. The number of rotatable bonds is 1. The summed E-state index contributed by atoms with van der Waals surface area (Å²) in [7, 11) is 0. The molecule has 1 aliphatic heterocycles. The summed E-state index contributed by atoms with van der Waals surface area (Å²) in [6.45, 7) is 4.15. The minimum Gasteiger partial charge on any atom is -0.465 e. The summed E-state index contributed by atoms with van der Waals surface area (Å²) in [5, 5.41) is 0. The van der Waals surface area contributed by atoms with Gasteiger partial charge < -0.3 is 9.15 Å². The van der Waals surface area contributed by atoms with Crippen LogP contribution in [0.2, 0.25) is 0 Å². The van der Waals surface area contributed by atoms with Crippen molar-refractivity contribution in [1.29, 1.82) is 0 Å². The van der Waals surface area contributed by atoms with Crippen molar-refractivity contribution in [3.05, 3.63) is 35.3 Å². The minimum atomic E-state index is -0.254. The second kappa shape index (κ2) is 3.49. The molecule has 3 rings (SSSR count). The van der Waals surface area contributed by atoms with Gasteiger partial charge in [-0.05, 0) is 38.3 Å². The number of fused-ring (bicyclic) bond motifs is 1. The fraction of sp³-hybridized carbons (Fsp3) is 0.500. The Bertz CT molecular complexity index is 484. The maximum atomic E-state index is 12.0. The van der Waals surface area contributed by atoms with Gasteiger partial charge in [0.1, 0.15) is 5.76 Å². The lowest BCUT2D eigenvalue weighted by atomic mass is 9.69. The topological polar surface area (TPSA) is 39.4 Å². The van der Waals surface area contributed by atoms with Crippen LogP contribution in [0.1, 0.15) is 45.0 Å². The van der Waals surface area contributed by atoms with Crippen LogP contribution in [-0.2, 0) is 9.53 Å². The molecule has 1 fully saturated rings. The third kappa shape index (κ3) is 1.38. The van der Waals surface area contributed by atoms with E-state index in [2.05, 4.69) is 6.92 Å². The third-order valence-electron chi connectivity index (χ3n) is 4.06. The average Bonchev–Trinajstić information content (AvgIpc) is 2.85. The van der Waals surface area contributed by atoms with Gasteiger partial charge in [0.05, 0.1) is 6.26 Å². The zero-order valence-corrected chi connectivity index (χ0v) is 10.2. The molecule has 0 N–H and O–H groups in total. The molecule has 2 heterocycles. The molecule has 0 spiro atoms. The first-order chi connectivity index (χ1) is 8.13. The normalized spacial score (nSPS) is 32.6. The number of esters is 1. The van der Waals surface area contributed by atoms with Gasteiger partial charge in [-0.1, -0.05) is 12.5 Å². The standard InChI is InChI=1S/C14H16O3/c1-9-5-3-7-14(2)11(9)13(15)17-12(14)10-6-4-8-16-10/h4,6,8,12H,3,5,7H2,1-2H3/t12?,14-/m1/s1. The first-order valence-corrected chi connectivity index (χ1v) is 6.07. The van der Waals surface area contributed by atoms with E-state index in [1.165, 1.54) is 5.57 Å². The fourth-order valence-electron chi connectivity index (χ4n) is 3.24. The first-order valence-electron chi connectivity index (χ1n) is 6.07. The molecule has 3 heteroatoms. The number of ether oxygens (including phenoxy) is 1. The Balaban J connectivity index is 2.11. The largest absolute Gasteiger partial charge is 0.465 e. The van der Waals surface area contributed by atoms with Crippen molar-refractivity contribution in [3.8, 4) is 0 Å². The number of carbonyl (C=O) groups excluding carboxylic acids is 1. The zero-order chi connectivity index (χ0) is 12.0. The molecule has 1 saturated heterocycles. The molecule has 2 atom stereocenters. The molecule has 90 valence electrons. The molecule has 0 aromatic carbocycles. The monoisotopic (exact) mass is 232 g/mol. The van der Waals surface area contributed by atoms with Crippen molar-refractivity contribution in [2.45, 2.75) is 39.2 Å². The van der Waals surface area contributed by atoms with Crippen LogP contribution in [0.3, 0.4) is 0 Å². The highest BCUT2D eigenvalue weighted by Gasteiger charge is 2.53. The Morgan fingerprint density at radius 2 is 2.29 bits per heavy atom. The average molecular weight is 232 g/mol. The maximum absolute atomic E-state index is 12.0. The van der Waals surface area contributed by atoms with E-state index >= 15 is 0 Å². The van der Waals surface area contributed by atoms with E-state index in [0.29, 0.717) is 0 Å². The van der Waals surface area contributed by atoms with Crippen molar-refractivity contribution in [3.63, 3.8) is 0 Å². The molecule has 1 aromatic heterocycles. The minimum absolute atomic E-state index is 0.161. The van der Waals surface area contributed by atoms with Gasteiger partial charge in [-0.3, -0.25) is 0 Å². The van der Waals surface area contributed by atoms with E-state index in [0.717, 1.165) is 30.6 Å². The molecular weight excluding hydrogens is 216 g/mol. The summed E-state index contributed by atoms with van der Waals surface area (Å²) in [6.07, 6.45) is 4.47. The molecule has 0 saturated carbocycles. The number of hydrogen-bond acceptors (Lipinski definition) is 3. The van der Waals surface area contributed by atoms with Gasteiger partial charge in [-0.15, -0.1) is 0 Å². The summed E-state index contributed by atoms with van der Waals surface area (Å²) in [5.74, 6) is 0.594. The predicted octanol–water partition coefficient (Wildman–Crippen LogP) is 3.38. The molecule has 17 heavy (non-hydrogen) atoms. The molecule has 2 aliphatic rings. The summed E-state index contributed by atoms with van der Waals surface area (Å²) >= 11 is 0. The maximum Gasteiger partial charge on any atom is 0.335 e. The lowest BCUT2D eigenvalue weighted by Crippen LogP contribution is -2.26. The molecule has 0 bridgehead atoms. The first kappa shape index (κ1) is 10.6. The number of carbonyl (C=O) groups is 1. The van der Waals surface area contributed by atoms with E-state index in [1.807, 2.05) is 19.1 Å². The van der Waals surface area contributed by atoms with Crippen LogP contribution in [0.4, 0.5) is 0 Å². The van der Waals surface area contributed by atoms with Crippen molar-refractivity contribution in [2.24, 2.45) is 5.41 Å². The highest BCUT2D eigenvalue weighted by molar-refractivity contribution is 5.93. The molecule has 1 aromatic rings. The van der Waals surface area contributed by atoms with Gasteiger partial charge in [-0.2, -0.15) is 0 Å². The van der Waals surface area contributed by atoms with Gasteiger partial charge in [0.25, 0.3) is 0 Å². The quantitative estimate of drug-likeness (QED) is 0.697. The van der Waals surface area contributed by atoms with E-state index in [1.54, 1.807) is 6.26 Å². The molecule has 1 unspecified atom stereocenters. The van der Waals surface area contributed by atoms with Gasteiger partial charge in [0.15, 0.2) is 6.10 Å². The highest BCUT2D eigenvalue weighted by atomic mass is 16.6. The smallest absolute Gasteiger partial charge is 0.335 e. The number of cyclic esters (lactones) is 1. The van der Waals surface area contributed by atoms with Gasteiger partial charge >= 0.3 is 5.97 Å². The summed E-state index contributed by atoms with van der Waals surface area (Å²) in [6, 6.07) is 3.72. The molecule has 0 radical (unpaired) electrons. The summed E-state index contributed by atoms with van der Waals surface area (Å²) < 4.78 is 11.0. The van der Waals surface area contributed by atoms with Crippen LogP contribution in [0, 0.1) is 5.41 Å². The van der Waals surface area contributed by atoms with Crippen LogP contribution in [-0.4, -0.2) is 5.97 Å². The molecular formula is C14H16O3. The summed E-state index contributed by atoms with van der Waals surface area (Å²) in [4.78, 5) is 12.0. The third-order valence-corrected chi connectivity index (χ3v) is 4.06. The van der Waals surface area contributed by atoms with E-state index in [4.69, 9.17) is 9.15 Å². The van der Waals surface area contributed by atoms with Crippen molar-refractivity contribution >= 4 is 5.97 Å². The number of hydrogen-bond donors (Lipinski definition) is 0. The van der Waals surface area contributed by atoms with Crippen molar-refractivity contribution in [2.75, 3.05) is 0 Å². The van der Waals surface area contributed by atoms with Crippen LogP contribution in [0.25, 0.3) is 0 Å². The van der Waals surface area contributed by atoms with Crippen LogP contribution in [0.15, 0.2) is 34.0 Å². The lowest BCUT2D eigenvalue weighted by Gasteiger charge is -2.32. The molecule has 3 nitrogen and oxygen atoms in total.